The van der Waals surface area contributed by atoms with Crippen molar-refractivity contribution in [1.29, 1.82) is 0 Å². The van der Waals surface area contributed by atoms with Gasteiger partial charge in [-0.3, -0.25) is 4.79 Å². The predicted octanol–water partition coefficient (Wildman–Crippen LogP) is 0.918. The number of ketones is 1. The number of Topliss-reactive ketones (excluding diaryl/α,β-unsaturated/α-hetero) is 1. The minimum Gasteiger partial charge on any atom is -0.339 e. The maximum Gasteiger partial charge on any atom is 0.171 e. The Kier molecular flexibility index (Phi) is 1.76. The van der Waals surface area contributed by atoms with Crippen LogP contribution in [0.15, 0.2) is 12.3 Å². The number of pyridine rings is 1. The van der Waals surface area contributed by atoms with E-state index in [1.807, 2.05) is 0 Å². The molecule has 0 saturated carbocycles. The van der Waals surface area contributed by atoms with E-state index in [0.717, 1.165) is 5.56 Å². The maximum atomic E-state index is 13.2. The van der Waals surface area contributed by atoms with E-state index in [2.05, 4.69) is 4.98 Å². The molecule has 1 aromatic heterocycles. The van der Waals surface area contributed by atoms with Crippen molar-refractivity contribution in [3.8, 4) is 0 Å². The third-order valence-electron chi connectivity index (χ3n) is 1.99. The summed E-state index contributed by atoms with van der Waals surface area (Å²) in [7, 11) is 0. The zero-order chi connectivity index (χ0) is 9.42. The summed E-state index contributed by atoms with van der Waals surface area (Å²) in [5.41, 5.74) is 0.785. The van der Waals surface area contributed by atoms with Crippen LogP contribution in [0, 0.1) is 12.7 Å². The number of hydrogen-bond donors (Lipinski definition) is 0. The highest BCUT2D eigenvalue weighted by atomic mass is 19.1. The number of halogens is 1. The van der Waals surface area contributed by atoms with Gasteiger partial charge in [-0.1, -0.05) is 0 Å². The maximum absolute atomic E-state index is 13.2. The van der Waals surface area contributed by atoms with Crippen LogP contribution in [0.3, 0.4) is 0 Å². The van der Waals surface area contributed by atoms with Crippen molar-refractivity contribution >= 4 is 11.6 Å². The highest BCUT2D eigenvalue weighted by Gasteiger charge is 2.26. The highest BCUT2D eigenvalue weighted by Crippen LogP contribution is 2.20. The monoisotopic (exact) mass is 180 g/mol. The summed E-state index contributed by atoms with van der Waals surface area (Å²) in [6.45, 7) is 2.35. The van der Waals surface area contributed by atoms with Crippen LogP contribution in [0.5, 0.6) is 0 Å². The molecule has 0 aliphatic carbocycles. The van der Waals surface area contributed by atoms with Crippen LogP contribution < -0.4 is 4.90 Å². The van der Waals surface area contributed by atoms with Gasteiger partial charge in [0.05, 0.1) is 13.1 Å². The van der Waals surface area contributed by atoms with Crippen molar-refractivity contribution in [2.75, 3.05) is 18.0 Å². The molecule has 0 N–H and O–H groups in total. The molecule has 1 saturated heterocycles. The van der Waals surface area contributed by atoms with Crippen LogP contribution in [0.1, 0.15) is 5.56 Å². The SMILES string of the molecule is Cc1cnc(N2CC(=O)C2)c(F)c1. The molecule has 1 aliphatic heterocycles. The summed E-state index contributed by atoms with van der Waals surface area (Å²) in [5.74, 6) is 0.0551. The van der Waals surface area contributed by atoms with E-state index in [4.69, 9.17) is 0 Å². The fraction of sp³-hybridized carbons (Fsp3) is 0.333. The zero-order valence-electron chi connectivity index (χ0n) is 7.25. The Morgan fingerprint density at radius 3 is 2.77 bits per heavy atom. The Bertz CT molecular complexity index is 357. The Morgan fingerprint density at radius 1 is 1.54 bits per heavy atom. The second-order valence-corrected chi connectivity index (χ2v) is 3.21. The van der Waals surface area contributed by atoms with Crippen molar-refractivity contribution in [2.45, 2.75) is 6.92 Å². The van der Waals surface area contributed by atoms with Gasteiger partial charge in [0.2, 0.25) is 0 Å². The van der Waals surface area contributed by atoms with Crippen LogP contribution >= 0.6 is 0 Å². The van der Waals surface area contributed by atoms with E-state index >= 15 is 0 Å². The summed E-state index contributed by atoms with van der Waals surface area (Å²) in [5, 5.41) is 0. The lowest BCUT2D eigenvalue weighted by molar-refractivity contribution is -0.119. The molecule has 2 heterocycles. The first-order chi connectivity index (χ1) is 6.16. The van der Waals surface area contributed by atoms with Crippen molar-refractivity contribution in [3.05, 3.63) is 23.6 Å². The van der Waals surface area contributed by atoms with Gasteiger partial charge in [-0.15, -0.1) is 0 Å². The van der Waals surface area contributed by atoms with Crippen LogP contribution in [-0.2, 0) is 4.79 Å². The average molecular weight is 180 g/mol. The van der Waals surface area contributed by atoms with E-state index in [1.54, 1.807) is 18.0 Å². The molecule has 0 spiro atoms. The van der Waals surface area contributed by atoms with Gasteiger partial charge in [0, 0.05) is 6.20 Å². The van der Waals surface area contributed by atoms with Crippen molar-refractivity contribution in [3.63, 3.8) is 0 Å². The topological polar surface area (TPSA) is 33.2 Å². The average Bonchev–Trinajstić information content (AvgIpc) is 2.00. The lowest BCUT2D eigenvalue weighted by Crippen LogP contribution is -2.48. The summed E-state index contributed by atoms with van der Waals surface area (Å²) >= 11 is 0. The van der Waals surface area contributed by atoms with Gasteiger partial charge in [-0.25, -0.2) is 9.37 Å². The van der Waals surface area contributed by atoms with E-state index < -0.39 is 0 Å². The molecule has 0 atom stereocenters. The van der Waals surface area contributed by atoms with Crippen molar-refractivity contribution in [2.24, 2.45) is 0 Å². The first-order valence-electron chi connectivity index (χ1n) is 4.05. The van der Waals surface area contributed by atoms with E-state index in [1.165, 1.54) is 6.07 Å². The Hall–Kier alpha value is -1.45. The molecule has 13 heavy (non-hydrogen) atoms. The number of aryl methyl sites for hydroxylation is 1. The highest BCUT2D eigenvalue weighted by molar-refractivity contribution is 5.94. The van der Waals surface area contributed by atoms with Gasteiger partial charge < -0.3 is 4.90 Å². The fourth-order valence-corrected chi connectivity index (χ4v) is 1.29. The largest absolute Gasteiger partial charge is 0.339 e. The first kappa shape index (κ1) is 8.16. The molecule has 0 aromatic carbocycles. The molecular formula is C9H9FN2O. The molecule has 68 valence electrons. The minimum absolute atomic E-state index is 0.127. The Morgan fingerprint density at radius 2 is 2.23 bits per heavy atom. The molecule has 3 nitrogen and oxygen atoms in total. The minimum atomic E-state index is -0.354. The van der Waals surface area contributed by atoms with Gasteiger partial charge in [0.15, 0.2) is 17.4 Å². The summed E-state index contributed by atoms with van der Waals surface area (Å²) in [6.07, 6.45) is 1.60. The number of anilines is 1. The van der Waals surface area contributed by atoms with Crippen molar-refractivity contribution < 1.29 is 9.18 Å². The summed E-state index contributed by atoms with van der Waals surface area (Å²) in [6, 6.07) is 1.42. The second-order valence-electron chi connectivity index (χ2n) is 3.21. The number of hydrogen-bond acceptors (Lipinski definition) is 3. The van der Waals surface area contributed by atoms with Gasteiger partial charge in [0.25, 0.3) is 0 Å². The Labute approximate surface area is 75.2 Å². The molecule has 0 bridgehead atoms. The van der Waals surface area contributed by atoms with Crippen LogP contribution in [0.2, 0.25) is 0 Å². The quantitative estimate of drug-likeness (QED) is 0.644. The normalized spacial score (nSPS) is 15.8. The fourth-order valence-electron chi connectivity index (χ4n) is 1.29. The number of aromatic nitrogens is 1. The zero-order valence-corrected chi connectivity index (χ0v) is 7.25. The standard InChI is InChI=1S/C9H9FN2O/c1-6-2-8(10)9(11-3-6)12-4-7(13)5-12/h2-3H,4-5H2,1H3. The lowest BCUT2D eigenvalue weighted by Gasteiger charge is -2.30. The Balaban J connectivity index is 2.26. The van der Waals surface area contributed by atoms with E-state index in [0.29, 0.717) is 0 Å². The number of nitrogens with zero attached hydrogens (tertiary/aromatic N) is 2. The van der Waals surface area contributed by atoms with Gasteiger partial charge in [-0.2, -0.15) is 0 Å². The molecule has 0 unspecified atom stereocenters. The molecular weight excluding hydrogens is 171 g/mol. The summed E-state index contributed by atoms with van der Waals surface area (Å²) < 4.78 is 13.2. The van der Waals surface area contributed by atoms with Gasteiger partial charge in [-0.05, 0) is 18.6 Å². The summed E-state index contributed by atoms with van der Waals surface area (Å²) in [4.78, 5) is 16.2. The molecule has 0 radical (unpaired) electrons. The van der Waals surface area contributed by atoms with Crippen LogP contribution in [0.25, 0.3) is 0 Å². The van der Waals surface area contributed by atoms with Crippen LogP contribution in [-0.4, -0.2) is 23.9 Å². The van der Waals surface area contributed by atoms with Crippen LogP contribution in [0.4, 0.5) is 10.2 Å². The molecule has 1 fully saturated rings. The van der Waals surface area contributed by atoms with E-state index in [9.17, 15) is 9.18 Å². The lowest BCUT2D eigenvalue weighted by atomic mass is 10.2. The van der Waals surface area contributed by atoms with Gasteiger partial charge in [0.1, 0.15) is 0 Å². The number of rotatable bonds is 1. The molecule has 1 aromatic rings. The molecule has 2 rings (SSSR count). The first-order valence-corrected chi connectivity index (χ1v) is 4.05. The number of carbonyl (C=O) groups excluding carboxylic acids is 1. The molecule has 1 aliphatic rings. The third kappa shape index (κ3) is 1.39. The van der Waals surface area contributed by atoms with Crippen molar-refractivity contribution in [1.82, 2.24) is 4.98 Å². The third-order valence-corrected chi connectivity index (χ3v) is 1.99. The smallest absolute Gasteiger partial charge is 0.171 e. The predicted molar refractivity (Wildman–Crippen MR) is 46.2 cm³/mol. The van der Waals surface area contributed by atoms with E-state index in [-0.39, 0.29) is 30.5 Å². The molecule has 0 amide bonds. The molecule has 4 heteroatoms. The second kappa shape index (κ2) is 2.80. The van der Waals surface area contributed by atoms with Gasteiger partial charge >= 0.3 is 0 Å². The number of carbonyl (C=O) groups is 1.